The third-order valence-corrected chi connectivity index (χ3v) is 8.60. The van der Waals surface area contributed by atoms with Crippen LogP contribution in [0, 0.1) is 23.2 Å². The number of nitrogens with one attached hydrogen (secondary N) is 1. The topological polar surface area (TPSA) is 58.6 Å². The monoisotopic (exact) mass is 511 g/mol. The number of aliphatic hydroxyl groups is 1. The Morgan fingerprint density at radius 1 is 1.03 bits per heavy atom. The maximum absolute atomic E-state index is 12.8. The highest BCUT2D eigenvalue weighted by Gasteiger charge is 2.50. The van der Waals surface area contributed by atoms with E-state index >= 15 is 0 Å². The standard InChI is InChI=1S/C28H34BrNO3/c29-22-7-9-23(10-8-22)30-27(32)25-5-1-2-6-26(25)33-18-24(31)4-3-11-28-15-19-12-20(16-28)14-21(13-19)17-28/h1-2,5-10,19-21,24,31H,3-4,11-18H2,(H,30,32). The van der Waals surface area contributed by atoms with Gasteiger partial charge in [0.15, 0.2) is 0 Å². The van der Waals surface area contributed by atoms with Crippen molar-refractivity contribution in [3.8, 4) is 5.75 Å². The number of benzene rings is 2. The molecule has 5 heteroatoms. The van der Waals surface area contributed by atoms with Crippen molar-refractivity contribution in [2.45, 2.75) is 63.9 Å². The molecule has 1 amide bonds. The maximum Gasteiger partial charge on any atom is 0.259 e. The fourth-order valence-corrected chi connectivity index (χ4v) is 7.35. The third-order valence-electron chi connectivity index (χ3n) is 8.07. The molecule has 4 aliphatic rings. The number of ether oxygens (including phenoxy) is 1. The van der Waals surface area contributed by atoms with E-state index in [1.807, 2.05) is 36.4 Å². The highest BCUT2D eigenvalue weighted by Crippen LogP contribution is 2.61. The van der Waals surface area contributed by atoms with Gasteiger partial charge in [0.2, 0.25) is 0 Å². The number of carbonyl (C=O) groups excluding carboxylic acids is 1. The van der Waals surface area contributed by atoms with Crippen molar-refractivity contribution in [3.05, 3.63) is 58.6 Å². The Morgan fingerprint density at radius 3 is 2.33 bits per heavy atom. The zero-order valence-electron chi connectivity index (χ0n) is 19.1. The number of rotatable bonds is 9. The van der Waals surface area contributed by atoms with Crippen LogP contribution in [0.15, 0.2) is 53.0 Å². The minimum atomic E-state index is -0.512. The molecular formula is C28H34BrNO3. The predicted octanol–water partition coefficient (Wildman–Crippen LogP) is 6.83. The van der Waals surface area contributed by atoms with Crippen LogP contribution in [0.2, 0.25) is 0 Å². The highest BCUT2D eigenvalue weighted by molar-refractivity contribution is 9.10. The Kier molecular flexibility index (Phi) is 6.80. The zero-order valence-corrected chi connectivity index (χ0v) is 20.7. The van der Waals surface area contributed by atoms with Gasteiger partial charge in [-0.25, -0.2) is 0 Å². The summed E-state index contributed by atoms with van der Waals surface area (Å²) in [6, 6.07) is 14.7. The molecule has 0 spiro atoms. The summed E-state index contributed by atoms with van der Waals surface area (Å²) in [6.45, 7) is 0.212. The first-order valence-electron chi connectivity index (χ1n) is 12.4. The molecular weight excluding hydrogens is 478 g/mol. The fraction of sp³-hybridized carbons (Fsp3) is 0.536. The SMILES string of the molecule is O=C(Nc1ccc(Br)cc1)c1ccccc1OCC(O)CCCC12CC3CC(CC(C3)C1)C2. The van der Waals surface area contributed by atoms with E-state index in [1.165, 1.54) is 44.9 Å². The predicted molar refractivity (Wildman–Crippen MR) is 134 cm³/mol. The minimum absolute atomic E-state index is 0.212. The molecule has 2 aromatic carbocycles. The first-order chi connectivity index (χ1) is 16.0. The summed E-state index contributed by atoms with van der Waals surface area (Å²) < 4.78 is 6.86. The average molecular weight is 512 g/mol. The Morgan fingerprint density at radius 2 is 1.67 bits per heavy atom. The number of halogens is 1. The van der Waals surface area contributed by atoms with E-state index in [2.05, 4.69) is 21.2 Å². The molecule has 0 radical (unpaired) electrons. The number of carbonyl (C=O) groups is 1. The van der Waals surface area contributed by atoms with E-state index in [-0.39, 0.29) is 12.5 Å². The summed E-state index contributed by atoms with van der Waals surface area (Å²) >= 11 is 3.40. The molecule has 176 valence electrons. The van der Waals surface area contributed by atoms with Crippen LogP contribution in [-0.4, -0.2) is 23.7 Å². The van der Waals surface area contributed by atoms with Gasteiger partial charge in [-0.05, 0) is 111 Å². The Hall–Kier alpha value is -1.85. The highest BCUT2D eigenvalue weighted by atomic mass is 79.9. The molecule has 4 fully saturated rings. The lowest BCUT2D eigenvalue weighted by Crippen LogP contribution is -2.46. The fourth-order valence-electron chi connectivity index (χ4n) is 7.09. The summed E-state index contributed by atoms with van der Waals surface area (Å²) in [5, 5.41) is 13.5. The summed E-state index contributed by atoms with van der Waals surface area (Å²) in [5.41, 5.74) is 1.76. The second-order valence-electron chi connectivity index (χ2n) is 10.7. The molecule has 1 atom stereocenters. The molecule has 4 bridgehead atoms. The van der Waals surface area contributed by atoms with Crippen LogP contribution in [0.3, 0.4) is 0 Å². The van der Waals surface area contributed by atoms with E-state index in [0.29, 0.717) is 16.7 Å². The summed E-state index contributed by atoms with van der Waals surface area (Å²) in [5.74, 6) is 3.22. The molecule has 2 N–H and O–H groups in total. The van der Waals surface area contributed by atoms with Gasteiger partial charge in [-0.2, -0.15) is 0 Å². The van der Waals surface area contributed by atoms with Crippen LogP contribution in [0.5, 0.6) is 5.75 Å². The van der Waals surface area contributed by atoms with Crippen molar-refractivity contribution in [1.29, 1.82) is 0 Å². The Balaban J connectivity index is 1.11. The van der Waals surface area contributed by atoms with E-state index in [4.69, 9.17) is 4.74 Å². The second kappa shape index (κ2) is 9.79. The van der Waals surface area contributed by atoms with Gasteiger partial charge in [0, 0.05) is 10.2 Å². The summed E-state index contributed by atoms with van der Waals surface area (Å²) in [7, 11) is 0. The maximum atomic E-state index is 12.8. The van der Waals surface area contributed by atoms with Gasteiger partial charge < -0.3 is 15.2 Å². The Labute approximate surface area is 205 Å². The van der Waals surface area contributed by atoms with Crippen molar-refractivity contribution < 1.29 is 14.6 Å². The van der Waals surface area contributed by atoms with Crippen LogP contribution in [0.1, 0.15) is 68.1 Å². The van der Waals surface area contributed by atoms with Gasteiger partial charge in [0.25, 0.3) is 5.91 Å². The van der Waals surface area contributed by atoms with E-state index < -0.39 is 6.10 Å². The van der Waals surface area contributed by atoms with Crippen molar-refractivity contribution in [3.63, 3.8) is 0 Å². The minimum Gasteiger partial charge on any atom is -0.490 e. The molecule has 33 heavy (non-hydrogen) atoms. The molecule has 0 aromatic heterocycles. The molecule has 4 aliphatic carbocycles. The number of amides is 1. The first kappa shape index (κ1) is 22.9. The number of para-hydroxylation sites is 1. The average Bonchev–Trinajstić information content (AvgIpc) is 2.78. The van der Waals surface area contributed by atoms with Crippen LogP contribution < -0.4 is 10.1 Å². The number of hydrogen-bond acceptors (Lipinski definition) is 3. The molecule has 2 aromatic rings. The number of anilines is 1. The van der Waals surface area contributed by atoms with Crippen LogP contribution >= 0.6 is 15.9 Å². The molecule has 0 aliphatic heterocycles. The van der Waals surface area contributed by atoms with E-state index in [1.54, 1.807) is 12.1 Å². The van der Waals surface area contributed by atoms with Gasteiger partial charge in [0.05, 0.1) is 11.7 Å². The van der Waals surface area contributed by atoms with Gasteiger partial charge >= 0.3 is 0 Å². The number of hydrogen-bond donors (Lipinski definition) is 2. The van der Waals surface area contributed by atoms with Crippen molar-refractivity contribution in [2.24, 2.45) is 23.2 Å². The molecule has 0 saturated heterocycles. The summed E-state index contributed by atoms with van der Waals surface area (Å²) in [4.78, 5) is 12.8. The molecule has 1 unspecified atom stereocenters. The quantitative estimate of drug-likeness (QED) is 0.387. The normalized spacial score (nSPS) is 28.5. The molecule has 4 nitrogen and oxygen atoms in total. The van der Waals surface area contributed by atoms with Crippen LogP contribution in [0.25, 0.3) is 0 Å². The third kappa shape index (κ3) is 5.46. The molecule has 0 heterocycles. The van der Waals surface area contributed by atoms with E-state index in [0.717, 1.165) is 40.8 Å². The lowest BCUT2D eigenvalue weighted by atomic mass is 9.48. The molecule has 4 saturated carbocycles. The van der Waals surface area contributed by atoms with Gasteiger partial charge in [-0.1, -0.05) is 34.5 Å². The van der Waals surface area contributed by atoms with Gasteiger partial charge in [-0.15, -0.1) is 0 Å². The lowest BCUT2D eigenvalue weighted by Gasteiger charge is -2.57. The van der Waals surface area contributed by atoms with Crippen LogP contribution in [0.4, 0.5) is 5.69 Å². The van der Waals surface area contributed by atoms with Crippen molar-refractivity contribution in [1.82, 2.24) is 0 Å². The van der Waals surface area contributed by atoms with Crippen LogP contribution in [-0.2, 0) is 0 Å². The largest absolute Gasteiger partial charge is 0.490 e. The van der Waals surface area contributed by atoms with Crippen molar-refractivity contribution >= 4 is 27.5 Å². The Bertz CT molecular complexity index is 938. The zero-order chi connectivity index (χ0) is 22.8. The lowest BCUT2D eigenvalue weighted by molar-refractivity contribution is -0.0597. The first-order valence-corrected chi connectivity index (χ1v) is 13.2. The van der Waals surface area contributed by atoms with Gasteiger partial charge in [0.1, 0.15) is 12.4 Å². The molecule has 6 rings (SSSR count). The smallest absolute Gasteiger partial charge is 0.259 e. The van der Waals surface area contributed by atoms with Crippen molar-refractivity contribution in [2.75, 3.05) is 11.9 Å². The van der Waals surface area contributed by atoms with E-state index in [9.17, 15) is 9.90 Å². The summed E-state index contributed by atoms with van der Waals surface area (Å²) in [6.07, 6.45) is 11.3. The van der Waals surface area contributed by atoms with Gasteiger partial charge in [-0.3, -0.25) is 4.79 Å². The number of aliphatic hydroxyl groups excluding tert-OH is 1. The second-order valence-corrected chi connectivity index (χ2v) is 11.6.